The molecular weight excluding hydrogens is 302 g/mol. The van der Waals surface area contributed by atoms with Crippen LogP contribution in [0.25, 0.3) is 0 Å². The highest BCUT2D eigenvalue weighted by Gasteiger charge is 2.51. The summed E-state index contributed by atoms with van der Waals surface area (Å²) in [6.07, 6.45) is -1.56. The summed E-state index contributed by atoms with van der Waals surface area (Å²) in [5.41, 5.74) is -1.18. The minimum absolute atomic E-state index is 0.207. The summed E-state index contributed by atoms with van der Waals surface area (Å²) in [4.78, 5) is 22.8. The Morgan fingerprint density at radius 2 is 1.75 bits per heavy atom. The van der Waals surface area contributed by atoms with Crippen molar-refractivity contribution in [2.75, 3.05) is 5.88 Å². The summed E-state index contributed by atoms with van der Waals surface area (Å²) < 4.78 is 50.4. The van der Waals surface area contributed by atoms with Crippen LogP contribution in [0.5, 0.6) is 0 Å². The van der Waals surface area contributed by atoms with Gasteiger partial charge in [-0.25, -0.2) is 8.78 Å². The van der Waals surface area contributed by atoms with Gasteiger partial charge in [-0.15, -0.1) is 11.6 Å². The molecule has 0 aromatic rings. The van der Waals surface area contributed by atoms with Crippen molar-refractivity contribution in [1.82, 2.24) is 5.32 Å². The first kappa shape index (κ1) is 17.2. The number of carbonyl (C=O) groups excluding carboxylic acids is 2. The fourth-order valence-electron chi connectivity index (χ4n) is 2.42. The summed E-state index contributed by atoms with van der Waals surface area (Å²) in [6.45, 7) is 0. The number of nitrogens with one attached hydrogen (secondary N) is 1. The summed E-state index contributed by atoms with van der Waals surface area (Å²) in [5.74, 6) is -7.50. The van der Waals surface area contributed by atoms with Gasteiger partial charge in [0.25, 0.3) is 5.91 Å². The number of rotatable bonds is 6. The number of amides is 1. The molecule has 0 radical (unpaired) electrons. The number of hydrogen-bond donors (Lipinski definition) is 1. The van der Waals surface area contributed by atoms with Crippen LogP contribution < -0.4 is 5.32 Å². The zero-order valence-electron chi connectivity index (χ0n) is 10.7. The standard InChI is InChI=1S/C12H16ClF4NO2/c13-7-8(19)6-11(4-2-1-3-5-11)18-10(20)12(16,17)9(14)15/h9H,1-7H2,(H,18,20). The lowest BCUT2D eigenvalue weighted by atomic mass is 9.78. The highest BCUT2D eigenvalue weighted by Crippen LogP contribution is 2.33. The molecule has 1 rings (SSSR count). The molecule has 0 bridgehead atoms. The average Bonchev–Trinajstić information content (AvgIpc) is 2.39. The van der Waals surface area contributed by atoms with Crippen LogP contribution in [0.1, 0.15) is 38.5 Å². The molecule has 8 heteroatoms. The molecule has 0 saturated heterocycles. The van der Waals surface area contributed by atoms with E-state index in [0.717, 1.165) is 6.42 Å². The molecule has 0 aromatic heterocycles. The lowest BCUT2D eigenvalue weighted by Crippen LogP contribution is -2.57. The Hall–Kier alpha value is -0.850. The molecule has 0 unspecified atom stereocenters. The third kappa shape index (κ3) is 4.07. The van der Waals surface area contributed by atoms with Crippen molar-refractivity contribution in [3.8, 4) is 0 Å². The van der Waals surface area contributed by atoms with Gasteiger partial charge >= 0.3 is 12.3 Å². The van der Waals surface area contributed by atoms with Crippen molar-refractivity contribution in [2.24, 2.45) is 0 Å². The second-order valence-corrected chi connectivity index (χ2v) is 5.34. The normalized spacial score (nSPS) is 18.9. The van der Waals surface area contributed by atoms with Crippen molar-refractivity contribution >= 4 is 23.3 Å². The first-order valence-electron chi connectivity index (χ1n) is 6.30. The van der Waals surface area contributed by atoms with E-state index in [2.05, 4.69) is 0 Å². The number of hydrogen-bond acceptors (Lipinski definition) is 2. The Bertz CT molecular complexity index is 370. The number of alkyl halides is 5. The van der Waals surface area contributed by atoms with Crippen molar-refractivity contribution in [3.63, 3.8) is 0 Å². The Kier molecular flexibility index (Phi) is 5.79. The molecule has 0 aromatic carbocycles. The van der Waals surface area contributed by atoms with Crippen LogP contribution in [0, 0.1) is 0 Å². The molecule has 1 aliphatic rings. The molecular formula is C12H16ClF4NO2. The van der Waals surface area contributed by atoms with Gasteiger partial charge in [0.05, 0.1) is 5.88 Å². The van der Waals surface area contributed by atoms with Gasteiger partial charge in [-0.1, -0.05) is 19.3 Å². The Labute approximate surface area is 119 Å². The van der Waals surface area contributed by atoms with E-state index >= 15 is 0 Å². The minimum Gasteiger partial charge on any atom is -0.345 e. The average molecular weight is 318 g/mol. The third-order valence-corrected chi connectivity index (χ3v) is 3.75. The monoisotopic (exact) mass is 317 g/mol. The zero-order valence-corrected chi connectivity index (χ0v) is 11.5. The van der Waals surface area contributed by atoms with E-state index in [1.54, 1.807) is 0 Å². The molecule has 1 aliphatic carbocycles. The molecule has 3 nitrogen and oxygen atoms in total. The molecule has 0 spiro atoms. The van der Waals surface area contributed by atoms with Crippen LogP contribution in [-0.2, 0) is 9.59 Å². The summed E-state index contributed by atoms with van der Waals surface area (Å²) in [6, 6.07) is 0. The molecule has 0 atom stereocenters. The van der Waals surface area contributed by atoms with E-state index in [0.29, 0.717) is 25.7 Å². The van der Waals surface area contributed by atoms with Crippen molar-refractivity contribution in [2.45, 2.75) is 56.4 Å². The lowest BCUT2D eigenvalue weighted by molar-refractivity contribution is -0.172. The molecule has 1 saturated carbocycles. The molecule has 0 aliphatic heterocycles. The fraction of sp³-hybridized carbons (Fsp3) is 0.833. The topological polar surface area (TPSA) is 46.2 Å². The predicted octanol–water partition coefficient (Wildman–Crippen LogP) is 2.90. The van der Waals surface area contributed by atoms with Gasteiger partial charge in [0.15, 0.2) is 0 Å². The van der Waals surface area contributed by atoms with Crippen molar-refractivity contribution < 1.29 is 27.2 Å². The summed E-state index contributed by atoms with van der Waals surface area (Å²) >= 11 is 5.38. The second-order valence-electron chi connectivity index (χ2n) is 5.07. The van der Waals surface area contributed by atoms with Gasteiger partial charge in [-0.05, 0) is 12.8 Å². The van der Waals surface area contributed by atoms with Crippen molar-refractivity contribution in [1.29, 1.82) is 0 Å². The fourth-order valence-corrected chi connectivity index (χ4v) is 2.52. The first-order valence-corrected chi connectivity index (χ1v) is 6.83. The quantitative estimate of drug-likeness (QED) is 0.605. The van der Waals surface area contributed by atoms with Gasteiger partial charge in [0.1, 0.15) is 5.78 Å². The van der Waals surface area contributed by atoms with E-state index in [9.17, 15) is 27.2 Å². The van der Waals surface area contributed by atoms with Crippen LogP contribution in [0.4, 0.5) is 17.6 Å². The predicted molar refractivity (Wildman–Crippen MR) is 65.3 cm³/mol. The maximum absolute atomic E-state index is 13.0. The Balaban J connectivity index is 2.84. The Morgan fingerprint density at radius 3 is 2.20 bits per heavy atom. The largest absolute Gasteiger partial charge is 0.383 e. The van der Waals surface area contributed by atoms with E-state index in [4.69, 9.17) is 11.6 Å². The smallest absolute Gasteiger partial charge is 0.345 e. The van der Waals surface area contributed by atoms with Crippen molar-refractivity contribution in [3.05, 3.63) is 0 Å². The molecule has 1 N–H and O–H groups in total. The van der Waals surface area contributed by atoms with Gasteiger partial charge in [-0.3, -0.25) is 9.59 Å². The zero-order chi connectivity index (χ0) is 15.4. The number of Topliss-reactive ketones (excluding diaryl/α,β-unsaturated/α-hetero) is 1. The van der Waals surface area contributed by atoms with Crippen LogP contribution in [0.3, 0.4) is 0 Å². The van der Waals surface area contributed by atoms with Gasteiger partial charge in [-0.2, -0.15) is 8.78 Å². The number of halogens is 5. The minimum atomic E-state index is -4.76. The van der Waals surface area contributed by atoms with Gasteiger partial charge in [0.2, 0.25) is 0 Å². The maximum atomic E-state index is 13.0. The van der Waals surface area contributed by atoms with Crippen LogP contribution in [0.15, 0.2) is 0 Å². The van der Waals surface area contributed by atoms with Crippen LogP contribution >= 0.6 is 11.6 Å². The Morgan fingerprint density at radius 1 is 1.20 bits per heavy atom. The summed E-state index contributed by atoms with van der Waals surface area (Å²) in [5, 5.41) is 1.97. The lowest BCUT2D eigenvalue weighted by Gasteiger charge is -2.38. The molecule has 20 heavy (non-hydrogen) atoms. The highest BCUT2D eigenvalue weighted by molar-refractivity contribution is 6.27. The maximum Gasteiger partial charge on any atom is 0.383 e. The van der Waals surface area contributed by atoms with E-state index in [-0.39, 0.29) is 12.3 Å². The molecule has 1 fully saturated rings. The van der Waals surface area contributed by atoms with E-state index in [1.807, 2.05) is 5.32 Å². The molecule has 1 amide bonds. The van der Waals surface area contributed by atoms with Crippen LogP contribution in [-0.4, -0.2) is 35.5 Å². The second kappa shape index (κ2) is 6.74. The first-order chi connectivity index (χ1) is 9.23. The van der Waals surface area contributed by atoms with Gasteiger partial charge < -0.3 is 5.32 Å². The molecule has 116 valence electrons. The van der Waals surface area contributed by atoms with E-state index in [1.165, 1.54) is 0 Å². The molecule has 0 heterocycles. The van der Waals surface area contributed by atoms with E-state index < -0.39 is 29.6 Å². The van der Waals surface area contributed by atoms with Crippen LogP contribution in [0.2, 0.25) is 0 Å². The van der Waals surface area contributed by atoms with Gasteiger partial charge in [0, 0.05) is 12.0 Å². The third-order valence-electron chi connectivity index (χ3n) is 3.45. The number of carbonyl (C=O) groups is 2. The summed E-state index contributed by atoms with van der Waals surface area (Å²) in [7, 11) is 0. The SMILES string of the molecule is O=C(CCl)CC1(NC(=O)C(F)(F)C(F)F)CCCCC1. The number of ketones is 1. The highest BCUT2D eigenvalue weighted by atomic mass is 35.5.